The molecule has 0 saturated carbocycles. The van der Waals surface area contributed by atoms with Gasteiger partial charge < -0.3 is 10.3 Å². The predicted octanol–water partition coefficient (Wildman–Crippen LogP) is 0.450. The Hall–Kier alpha value is -1.06. The summed E-state index contributed by atoms with van der Waals surface area (Å²) >= 11 is 0. The molecule has 0 unspecified atom stereocenters. The van der Waals surface area contributed by atoms with Crippen LogP contribution in [0, 0.1) is 5.92 Å². The summed E-state index contributed by atoms with van der Waals surface area (Å²) in [5, 5.41) is 4.07. The fraction of sp³-hybridized carbons (Fsp3) is 0.778. The lowest BCUT2D eigenvalue weighted by Gasteiger charge is -2.05. The molecule has 4 heteroatoms. The standard InChI is InChI=1S/C9H17N3O/c1-7(2)6-10-11-8-4-5-12(3)9(8)13/h7,10H,4-6H2,1-3H3/b11-8+. The van der Waals surface area contributed by atoms with Gasteiger partial charge in [0, 0.05) is 26.6 Å². The monoisotopic (exact) mass is 183 g/mol. The molecule has 0 aromatic carbocycles. The van der Waals surface area contributed by atoms with Crippen molar-refractivity contribution < 1.29 is 4.79 Å². The molecule has 0 aromatic heterocycles. The molecule has 0 atom stereocenters. The first-order valence-electron chi connectivity index (χ1n) is 4.66. The summed E-state index contributed by atoms with van der Waals surface area (Å²) in [6, 6.07) is 0. The van der Waals surface area contributed by atoms with Gasteiger partial charge in [0.05, 0.1) is 0 Å². The van der Waals surface area contributed by atoms with Gasteiger partial charge in [-0.15, -0.1) is 0 Å². The van der Waals surface area contributed by atoms with Crippen LogP contribution in [-0.4, -0.2) is 36.7 Å². The molecule has 1 fully saturated rings. The van der Waals surface area contributed by atoms with Crippen molar-refractivity contribution in [2.75, 3.05) is 20.1 Å². The van der Waals surface area contributed by atoms with Gasteiger partial charge >= 0.3 is 0 Å². The quantitative estimate of drug-likeness (QED) is 0.646. The van der Waals surface area contributed by atoms with Crippen LogP contribution in [0.15, 0.2) is 5.10 Å². The van der Waals surface area contributed by atoms with Gasteiger partial charge in [-0.1, -0.05) is 13.8 Å². The third-order valence-electron chi connectivity index (χ3n) is 1.99. The van der Waals surface area contributed by atoms with Crippen molar-refractivity contribution in [3.63, 3.8) is 0 Å². The zero-order valence-corrected chi connectivity index (χ0v) is 8.50. The molecule has 1 N–H and O–H groups in total. The highest BCUT2D eigenvalue weighted by Gasteiger charge is 2.23. The third-order valence-corrected chi connectivity index (χ3v) is 1.99. The SMILES string of the molecule is CC(C)CN/N=C1\CCN(C)C1=O. The van der Waals surface area contributed by atoms with Gasteiger partial charge in [0.25, 0.3) is 5.91 Å². The fourth-order valence-corrected chi connectivity index (χ4v) is 1.13. The van der Waals surface area contributed by atoms with Crippen LogP contribution in [0.5, 0.6) is 0 Å². The summed E-state index contributed by atoms with van der Waals surface area (Å²) in [5.41, 5.74) is 3.57. The number of amides is 1. The van der Waals surface area contributed by atoms with Gasteiger partial charge in [-0.2, -0.15) is 5.10 Å². The fourth-order valence-electron chi connectivity index (χ4n) is 1.13. The van der Waals surface area contributed by atoms with Gasteiger partial charge in [0.15, 0.2) is 0 Å². The van der Waals surface area contributed by atoms with Gasteiger partial charge in [0.1, 0.15) is 5.71 Å². The molecule has 1 heterocycles. The molecule has 1 rings (SSSR count). The van der Waals surface area contributed by atoms with E-state index in [9.17, 15) is 4.79 Å². The molecule has 0 spiro atoms. The van der Waals surface area contributed by atoms with Gasteiger partial charge in [0.2, 0.25) is 0 Å². The minimum atomic E-state index is 0.0521. The first-order chi connectivity index (χ1) is 6.11. The number of nitrogens with one attached hydrogen (secondary N) is 1. The highest BCUT2D eigenvalue weighted by atomic mass is 16.2. The number of rotatable bonds is 3. The van der Waals surface area contributed by atoms with E-state index < -0.39 is 0 Å². The average Bonchev–Trinajstić information content (AvgIpc) is 2.35. The Labute approximate surface area is 79.0 Å². The van der Waals surface area contributed by atoms with E-state index in [0.717, 1.165) is 19.5 Å². The van der Waals surface area contributed by atoms with Crippen LogP contribution in [0.4, 0.5) is 0 Å². The van der Waals surface area contributed by atoms with Crippen molar-refractivity contribution in [1.29, 1.82) is 0 Å². The minimum absolute atomic E-state index is 0.0521. The van der Waals surface area contributed by atoms with E-state index >= 15 is 0 Å². The Balaban J connectivity index is 2.39. The number of likely N-dealkylation sites (tertiary alicyclic amines) is 1. The lowest BCUT2D eigenvalue weighted by atomic mass is 10.2. The van der Waals surface area contributed by atoms with E-state index in [4.69, 9.17) is 0 Å². The Morgan fingerprint density at radius 2 is 2.31 bits per heavy atom. The molecule has 1 aliphatic rings. The molecule has 4 nitrogen and oxygen atoms in total. The molecule has 0 bridgehead atoms. The normalized spacial score (nSPS) is 20.5. The summed E-state index contributed by atoms with van der Waals surface area (Å²) < 4.78 is 0. The molecule has 0 aromatic rings. The second-order valence-electron chi connectivity index (χ2n) is 3.79. The van der Waals surface area contributed by atoms with E-state index in [1.807, 2.05) is 0 Å². The smallest absolute Gasteiger partial charge is 0.269 e. The van der Waals surface area contributed by atoms with Crippen LogP contribution >= 0.6 is 0 Å². The highest BCUT2D eigenvalue weighted by Crippen LogP contribution is 2.04. The van der Waals surface area contributed by atoms with Crippen LogP contribution in [-0.2, 0) is 4.79 Å². The number of hydrogen-bond donors (Lipinski definition) is 1. The second-order valence-corrected chi connectivity index (χ2v) is 3.79. The summed E-state index contributed by atoms with van der Waals surface area (Å²) in [4.78, 5) is 13.0. The third kappa shape index (κ3) is 2.72. The number of carbonyl (C=O) groups is 1. The van der Waals surface area contributed by atoms with Crippen molar-refractivity contribution in [3.05, 3.63) is 0 Å². The highest BCUT2D eigenvalue weighted by molar-refractivity contribution is 6.40. The lowest BCUT2D eigenvalue weighted by Crippen LogP contribution is -2.24. The molecular formula is C9H17N3O. The number of carbonyl (C=O) groups excluding carboxylic acids is 1. The Morgan fingerprint density at radius 1 is 1.62 bits per heavy atom. The van der Waals surface area contributed by atoms with E-state index in [-0.39, 0.29) is 5.91 Å². The van der Waals surface area contributed by atoms with Gasteiger partial charge in [-0.3, -0.25) is 4.79 Å². The Kier molecular flexibility index (Phi) is 3.28. The molecule has 1 saturated heterocycles. The zero-order chi connectivity index (χ0) is 9.84. The molecule has 74 valence electrons. The first kappa shape index (κ1) is 10.0. The Bertz CT molecular complexity index is 223. The minimum Gasteiger partial charge on any atom is -0.340 e. The van der Waals surface area contributed by atoms with E-state index in [1.54, 1.807) is 11.9 Å². The molecular weight excluding hydrogens is 166 g/mol. The van der Waals surface area contributed by atoms with Crippen LogP contribution < -0.4 is 5.43 Å². The summed E-state index contributed by atoms with van der Waals surface area (Å²) in [5.74, 6) is 0.606. The van der Waals surface area contributed by atoms with Crippen molar-refractivity contribution in [2.24, 2.45) is 11.0 Å². The van der Waals surface area contributed by atoms with E-state index in [2.05, 4.69) is 24.4 Å². The second kappa shape index (κ2) is 4.25. The Morgan fingerprint density at radius 3 is 2.77 bits per heavy atom. The topological polar surface area (TPSA) is 44.7 Å². The van der Waals surface area contributed by atoms with Crippen molar-refractivity contribution in [1.82, 2.24) is 10.3 Å². The lowest BCUT2D eigenvalue weighted by molar-refractivity contribution is -0.121. The largest absolute Gasteiger partial charge is 0.340 e. The number of nitrogens with zero attached hydrogens (tertiary/aromatic N) is 2. The van der Waals surface area contributed by atoms with Crippen LogP contribution in [0.1, 0.15) is 20.3 Å². The predicted molar refractivity (Wildman–Crippen MR) is 52.5 cm³/mol. The first-order valence-corrected chi connectivity index (χ1v) is 4.66. The zero-order valence-electron chi connectivity index (χ0n) is 8.50. The van der Waals surface area contributed by atoms with Gasteiger partial charge in [-0.25, -0.2) is 0 Å². The molecule has 13 heavy (non-hydrogen) atoms. The van der Waals surface area contributed by atoms with Crippen LogP contribution in [0.3, 0.4) is 0 Å². The maximum absolute atomic E-state index is 11.3. The molecule has 0 aliphatic carbocycles. The van der Waals surface area contributed by atoms with Crippen LogP contribution in [0.25, 0.3) is 0 Å². The summed E-state index contributed by atoms with van der Waals surface area (Å²) in [6.45, 7) is 5.83. The molecule has 1 aliphatic heterocycles. The van der Waals surface area contributed by atoms with E-state index in [0.29, 0.717) is 11.6 Å². The molecule has 0 radical (unpaired) electrons. The molecule has 1 amide bonds. The summed E-state index contributed by atoms with van der Waals surface area (Å²) in [6.07, 6.45) is 0.764. The maximum atomic E-state index is 11.3. The van der Waals surface area contributed by atoms with Crippen molar-refractivity contribution in [2.45, 2.75) is 20.3 Å². The van der Waals surface area contributed by atoms with Gasteiger partial charge in [-0.05, 0) is 5.92 Å². The van der Waals surface area contributed by atoms with Crippen molar-refractivity contribution >= 4 is 11.6 Å². The maximum Gasteiger partial charge on any atom is 0.269 e. The number of hydrazone groups is 1. The van der Waals surface area contributed by atoms with Crippen LogP contribution in [0.2, 0.25) is 0 Å². The number of hydrogen-bond acceptors (Lipinski definition) is 3. The van der Waals surface area contributed by atoms with E-state index in [1.165, 1.54) is 0 Å². The average molecular weight is 183 g/mol. The van der Waals surface area contributed by atoms with Crippen molar-refractivity contribution in [3.8, 4) is 0 Å². The summed E-state index contributed by atoms with van der Waals surface area (Å²) in [7, 11) is 1.80.